The number of carbonyl (C=O) groups is 2. The Balaban J connectivity index is 2.77. The van der Waals surface area contributed by atoms with E-state index in [4.69, 9.17) is 0 Å². The molecule has 1 N–H and O–H groups in total. The summed E-state index contributed by atoms with van der Waals surface area (Å²) in [4.78, 5) is 53.3. The van der Waals surface area contributed by atoms with Crippen LogP contribution in [-0.2, 0) is 14.1 Å². The molecule has 0 spiro atoms. The van der Waals surface area contributed by atoms with E-state index in [9.17, 15) is 19.2 Å². The monoisotopic (exact) mass is 319 g/mol. The van der Waals surface area contributed by atoms with E-state index in [1.165, 1.54) is 38.8 Å². The third kappa shape index (κ3) is 2.50. The van der Waals surface area contributed by atoms with Crippen molar-refractivity contribution in [3.8, 4) is 0 Å². The van der Waals surface area contributed by atoms with Crippen LogP contribution in [0.2, 0.25) is 0 Å². The topological polar surface area (TPSA) is 106 Å². The lowest BCUT2D eigenvalue weighted by molar-refractivity contribution is 0.0832. The fourth-order valence-electron chi connectivity index (χ4n) is 2.25. The van der Waals surface area contributed by atoms with Crippen LogP contribution in [0.1, 0.15) is 16.1 Å². The van der Waals surface area contributed by atoms with Crippen LogP contribution in [0.3, 0.4) is 0 Å². The first-order valence-electron chi connectivity index (χ1n) is 6.77. The second kappa shape index (κ2) is 5.67. The first-order chi connectivity index (χ1) is 10.7. The zero-order chi connectivity index (χ0) is 17.5. The summed E-state index contributed by atoms with van der Waals surface area (Å²) >= 11 is 0. The summed E-state index contributed by atoms with van der Waals surface area (Å²) in [5, 5.41) is 2.48. The standard InChI is InChI=1S/C14H17N5O4/c1-7-8(11(20)18(4)13(22)15-2)6-9-10(16-7)17(3)14(23)19(5)12(9)21/h6H,1-5H3,(H,15,22). The van der Waals surface area contributed by atoms with Gasteiger partial charge in [-0.05, 0) is 13.0 Å². The van der Waals surface area contributed by atoms with Gasteiger partial charge in [-0.2, -0.15) is 0 Å². The molecule has 2 aromatic heterocycles. The molecule has 0 aromatic carbocycles. The number of carbonyl (C=O) groups excluding carboxylic acids is 2. The van der Waals surface area contributed by atoms with Gasteiger partial charge >= 0.3 is 11.7 Å². The van der Waals surface area contributed by atoms with E-state index in [0.29, 0.717) is 5.69 Å². The van der Waals surface area contributed by atoms with Gasteiger partial charge in [0.15, 0.2) is 0 Å². The van der Waals surface area contributed by atoms with Crippen molar-refractivity contribution >= 4 is 23.0 Å². The zero-order valence-electron chi connectivity index (χ0n) is 13.5. The Morgan fingerprint density at radius 2 is 1.83 bits per heavy atom. The van der Waals surface area contributed by atoms with Crippen molar-refractivity contribution in [2.75, 3.05) is 14.1 Å². The van der Waals surface area contributed by atoms with Crippen molar-refractivity contribution in [2.24, 2.45) is 14.1 Å². The average Bonchev–Trinajstić information content (AvgIpc) is 2.55. The SMILES string of the molecule is CNC(=O)N(C)C(=O)c1cc2c(=O)n(C)c(=O)n(C)c2nc1C. The van der Waals surface area contributed by atoms with Gasteiger partial charge in [-0.3, -0.25) is 23.6 Å². The molecule has 122 valence electrons. The highest BCUT2D eigenvalue weighted by atomic mass is 16.2. The van der Waals surface area contributed by atoms with Gasteiger partial charge in [0.1, 0.15) is 5.65 Å². The number of hydrogen-bond acceptors (Lipinski definition) is 5. The van der Waals surface area contributed by atoms with Crippen molar-refractivity contribution in [2.45, 2.75) is 6.92 Å². The Morgan fingerprint density at radius 1 is 1.22 bits per heavy atom. The quantitative estimate of drug-likeness (QED) is 0.752. The van der Waals surface area contributed by atoms with E-state index in [1.807, 2.05) is 0 Å². The molecule has 0 aliphatic heterocycles. The van der Waals surface area contributed by atoms with Gasteiger partial charge in [-0.1, -0.05) is 0 Å². The van der Waals surface area contributed by atoms with Gasteiger partial charge in [0.2, 0.25) is 0 Å². The molecule has 0 atom stereocenters. The molecule has 0 saturated heterocycles. The summed E-state index contributed by atoms with van der Waals surface area (Å²) in [6, 6.07) is 0.782. The lowest BCUT2D eigenvalue weighted by Crippen LogP contribution is -2.40. The molecular formula is C14H17N5O4. The number of aryl methyl sites for hydroxylation is 2. The Morgan fingerprint density at radius 3 is 2.39 bits per heavy atom. The van der Waals surface area contributed by atoms with Crippen molar-refractivity contribution in [1.29, 1.82) is 0 Å². The summed E-state index contributed by atoms with van der Waals surface area (Å²) in [6.07, 6.45) is 0. The molecule has 0 fully saturated rings. The van der Waals surface area contributed by atoms with Crippen LogP contribution in [0, 0.1) is 6.92 Å². The number of amides is 3. The van der Waals surface area contributed by atoms with Crippen LogP contribution >= 0.6 is 0 Å². The Labute approximate surface area is 131 Å². The molecule has 0 bridgehead atoms. The second-order valence-electron chi connectivity index (χ2n) is 5.12. The normalized spacial score (nSPS) is 10.7. The summed E-state index contributed by atoms with van der Waals surface area (Å²) < 4.78 is 2.18. The Bertz CT molecular complexity index is 941. The van der Waals surface area contributed by atoms with Crippen LogP contribution in [0.4, 0.5) is 4.79 Å². The van der Waals surface area contributed by atoms with Crippen LogP contribution in [0.15, 0.2) is 15.7 Å². The van der Waals surface area contributed by atoms with Gasteiger partial charge < -0.3 is 5.32 Å². The number of hydrogen-bond donors (Lipinski definition) is 1. The fourth-order valence-corrected chi connectivity index (χ4v) is 2.25. The number of imide groups is 1. The van der Waals surface area contributed by atoms with Crippen LogP contribution < -0.4 is 16.6 Å². The number of nitrogens with zero attached hydrogens (tertiary/aromatic N) is 4. The van der Waals surface area contributed by atoms with Crippen LogP contribution in [0.5, 0.6) is 0 Å². The summed E-state index contributed by atoms with van der Waals surface area (Å²) in [5.41, 5.74) is -0.418. The molecule has 0 saturated carbocycles. The smallest absolute Gasteiger partial charge is 0.332 e. The van der Waals surface area contributed by atoms with E-state index in [-0.39, 0.29) is 16.6 Å². The lowest BCUT2D eigenvalue weighted by atomic mass is 10.1. The van der Waals surface area contributed by atoms with Crippen LogP contribution in [-0.4, -0.2) is 45.1 Å². The molecule has 0 aliphatic carbocycles. The minimum absolute atomic E-state index is 0.124. The van der Waals surface area contributed by atoms with Gasteiger partial charge in [0, 0.05) is 28.2 Å². The molecule has 0 unspecified atom stereocenters. The third-order valence-corrected chi connectivity index (χ3v) is 3.67. The van der Waals surface area contributed by atoms with Crippen molar-refractivity contribution < 1.29 is 9.59 Å². The maximum Gasteiger partial charge on any atom is 0.332 e. The molecule has 9 nitrogen and oxygen atoms in total. The van der Waals surface area contributed by atoms with E-state index in [0.717, 1.165) is 9.47 Å². The predicted molar refractivity (Wildman–Crippen MR) is 83.5 cm³/mol. The lowest BCUT2D eigenvalue weighted by Gasteiger charge is -2.16. The predicted octanol–water partition coefficient (Wildman–Crippen LogP) is -0.648. The first-order valence-corrected chi connectivity index (χ1v) is 6.77. The van der Waals surface area contributed by atoms with E-state index in [2.05, 4.69) is 10.3 Å². The Kier molecular flexibility index (Phi) is 4.04. The Hall–Kier alpha value is -2.97. The molecule has 2 aromatic rings. The second-order valence-corrected chi connectivity index (χ2v) is 5.12. The maximum atomic E-state index is 12.4. The number of urea groups is 1. The number of aromatic nitrogens is 3. The minimum Gasteiger partial charge on any atom is -0.341 e. The highest BCUT2D eigenvalue weighted by Gasteiger charge is 2.22. The van der Waals surface area contributed by atoms with Crippen molar-refractivity contribution in [1.82, 2.24) is 24.3 Å². The number of pyridine rings is 1. The van der Waals surface area contributed by atoms with Crippen molar-refractivity contribution in [3.63, 3.8) is 0 Å². The molecule has 23 heavy (non-hydrogen) atoms. The molecule has 3 amide bonds. The first kappa shape index (κ1) is 16.4. The van der Waals surface area contributed by atoms with E-state index >= 15 is 0 Å². The molecule has 9 heteroatoms. The molecule has 0 aliphatic rings. The highest BCUT2D eigenvalue weighted by Crippen LogP contribution is 2.14. The zero-order valence-corrected chi connectivity index (χ0v) is 13.5. The number of nitrogens with one attached hydrogen (secondary N) is 1. The van der Waals surface area contributed by atoms with E-state index < -0.39 is 23.2 Å². The molecule has 2 rings (SSSR count). The van der Waals surface area contributed by atoms with Gasteiger partial charge in [-0.25, -0.2) is 14.6 Å². The van der Waals surface area contributed by atoms with Gasteiger partial charge in [0.05, 0.1) is 16.6 Å². The third-order valence-electron chi connectivity index (χ3n) is 3.67. The number of fused-ring (bicyclic) bond motifs is 1. The minimum atomic E-state index is -0.591. The summed E-state index contributed by atoms with van der Waals surface area (Å²) in [6.45, 7) is 1.58. The fraction of sp³-hybridized carbons (Fsp3) is 0.357. The highest BCUT2D eigenvalue weighted by molar-refractivity contribution is 6.05. The molecular weight excluding hydrogens is 302 g/mol. The summed E-state index contributed by atoms with van der Waals surface area (Å²) in [5.74, 6) is -0.591. The number of rotatable bonds is 1. The van der Waals surface area contributed by atoms with Gasteiger partial charge in [0.25, 0.3) is 11.5 Å². The van der Waals surface area contributed by atoms with Gasteiger partial charge in [-0.15, -0.1) is 0 Å². The molecule has 2 heterocycles. The maximum absolute atomic E-state index is 12.4. The van der Waals surface area contributed by atoms with E-state index in [1.54, 1.807) is 6.92 Å². The van der Waals surface area contributed by atoms with Crippen LogP contribution in [0.25, 0.3) is 11.0 Å². The molecule has 0 radical (unpaired) electrons. The van der Waals surface area contributed by atoms with Crippen molar-refractivity contribution in [3.05, 3.63) is 38.2 Å². The largest absolute Gasteiger partial charge is 0.341 e. The average molecular weight is 319 g/mol. The summed E-state index contributed by atoms with van der Waals surface area (Å²) in [7, 11) is 5.57.